The van der Waals surface area contributed by atoms with Gasteiger partial charge >= 0.3 is 5.97 Å². The lowest BCUT2D eigenvalue weighted by Gasteiger charge is -2.17. The molecule has 0 aliphatic carbocycles. The van der Waals surface area contributed by atoms with Crippen LogP contribution in [0.1, 0.15) is 41.7 Å². The average molecular weight is 336 g/mol. The first-order valence-corrected chi connectivity index (χ1v) is 7.68. The summed E-state index contributed by atoms with van der Waals surface area (Å²) in [6, 6.07) is 6.11. The number of halogens is 1. The molecule has 0 saturated carbocycles. The number of nitrogens with zero attached hydrogens (tertiary/aromatic N) is 2. The van der Waals surface area contributed by atoms with Crippen LogP contribution in [-0.4, -0.2) is 26.8 Å². The number of amides is 1. The number of carboxylic acid groups (broad SMARTS) is 1. The number of rotatable bonds is 7. The van der Waals surface area contributed by atoms with E-state index in [2.05, 4.69) is 10.4 Å². The molecule has 0 unspecified atom stereocenters. The number of carboxylic acids is 1. The highest BCUT2D eigenvalue weighted by Crippen LogP contribution is 2.20. The maximum absolute atomic E-state index is 12.3. The summed E-state index contributed by atoms with van der Waals surface area (Å²) in [5.74, 6) is -1.35. The van der Waals surface area contributed by atoms with Crippen LogP contribution in [0.25, 0.3) is 0 Å². The fourth-order valence-corrected chi connectivity index (χ4v) is 2.32. The van der Waals surface area contributed by atoms with Gasteiger partial charge in [0.25, 0.3) is 5.91 Å². The van der Waals surface area contributed by atoms with Crippen LogP contribution in [0.5, 0.6) is 0 Å². The molecule has 0 fully saturated rings. The highest BCUT2D eigenvalue weighted by molar-refractivity contribution is 6.30. The van der Waals surface area contributed by atoms with Crippen LogP contribution < -0.4 is 5.32 Å². The molecular formula is C16H18ClN3O3. The van der Waals surface area contributed by atoms with Crippen molar-refractivity contribution in [1.29, 1.82) is 0 Å². The van der Waals surface area contributed by atoms with Gasteiger partial charge in [0.2, 0.25) is 0 Å². The Labute approximate surface area is 139 Å². The van der Waals surface area contributed by atoms with Gasteiger partial charge in [-0.05, 0) is 24.1 Å². The minimum Gasteiger partial charge on any atom is -0.481 e. The second-order valence-electron chi connectivity index (χ2n) is 5.17. The summed E-state index contributed by atoms with van der Waals surface area (Å²) in [4.78, 5) is 23.4. The molecule has 0 spiro atoms. The Bertz CT molecular complexity index is 682. The molecule has 1 amide bonds. The van der Waals surface area contributed by atoms with Crippen molar-refractivity contribution in [3.8, 4) is 0 Å². The predicted octanol–water partition coefficient (Wildman–Crippen LogP) is 2.89. The number of benzene rings is 1. The fourth-order valence-electron chi connectivity index (χ4n) is 2.20. The van der Waals surface area contributed by atoms with Gasteiger partial charge in [0.1, 0.15) is 0 Å². The first kappa shape index (κ1) is 17.0. The van der Waals surface area contributed by atoms with E-state index in [0.717, 1.165) is 13.0 Å². The summed E-state index contributed by atoms with van der Waals surface area (Å²) >= 11 is 5.84. The largest absolute Gasteiger partial charge is 0.481 e. The molecule has 0 aliphatic heterocycles. The summed E-state index contributed by atoms with van der Waals surface area (Å²) < 4.78 is 1.68. The predicted molar refractivity (Wildman–Crippen MR) is 86.4 cm³/mol. The van der Waals surface area contributed by atoms with E-state index in [1.807, 2.05) is 6.92 Å². The number of hydrogen-bond acceptors (Lipinski definition) is 3. The van der Waals surface area contributed by atoms with Crippen LogP contribution in [0.15, 0.2) is 36.7 Å². The minimum atomic E-state index is -0.994. The van der Waals surface area contributed by atoms with Gasteiger partial charge in [-0.15, -0.1) is 0 Å². The highest BCUT2D eigenvalue weighted by Gasteiger charge is 2.19. The van der Waals surface area contributed by atoms with E-state index in [4.69, 9.17) is 16.7 Å². The first-order valence-electron chi connectivity index (χ1n) is 7.30. The average Bonchev–Trinajstić information content (AvgIpc) is 2.96. The lowest BCUT2D eigenvalue weighted by molar-refractivity contribution is -0.137. The van der Waals surface area contributed by atoms with Gasteiger partial charge in [-0.3, -0.25) is 14.3 Å². The summed E-state index contributed by atoms with van der Waals surface area (Å²) in [6.45, 7) is 2.74. The molecule has 2 rings (SSSR count). The van der Waals surface area contributed by atoms with E-state index >= 15 is 0 Å². The minimum absolute atomic E-state index is 0.212. The van der Waals surface area contributed by atoms with Crippen molar-refractivity contribution in [1.82, 2.24) is 15.1 Å². The lowest BCUT2D eigenvalue weighted by Crippen LogP contribution is -2.30. The molecule has 2 N–H and O–H groups in total. The quantitative estimate of drug-likeness (QED) is 0.814. The Morgan fingerprint density at radius 2 is 2.04 bits per heavy atom. The Hall–Kier alpha value is -2.34. The van der Waals surface area contributed by atoms with Crippen molar-refractivity contribution >= 4 is 23.5 Å². The van der Waals surface area contributed by atoms with E-state index in [1.54, 1.807) is 35.1 Å². The molecule has 0 radical (unpaired) electrons. The molecule has 6 nitrogen and oxygen atoms in total. The number of aliphatic carboxylic acids is 1. The van der Waals surface area contributed by atoms with E-state index in [1.165, 1.54) is 6.20 Å². The fraction of sp³-hybridized carbons (Fsp3) is 0.312. The van der Waals surface area contributed by atoms with E-state index in [-0.39, 0.29) is 12.3 Å². The number of aromatic nitrogens is 2. The van der Waals surface area contributed by atoms with E-state index < -0.39 is 12.0 Å². The third kappa shape index (κ3) is 4.82. The van der Waals surface area contributed by atoms with Crippen LogP contribution in [0, 0.1) is 0 Å². The normalized spacial score (nSPS) is 11.9. The van der Waals surface area contributed by atoms with Crippen molar-refractivity contribution in [3.63, 3.8) is 0 Å². The van der Waals surface area contributed by atoms with Crippen LogP contribution in [0.4, 0.5) is 0 Å². The lowest BCUT2D eigenvalue weighted by atomic mass is 10.0. The Morgan fingerprint density at radius 1 is 1.35 bits per heavy atom. The van der Waals surface area contributed by atoms with Crippen molar-refractivity contribution in [2.45, 2.75) is 32.4 Å². The third-order valence-corrected chi connectivity index (χ3v) is 3.56. The zero-order chi connectivity index (χ0) is 16.8. The molecule has 0 aliphatic rings. The summed E-state index contributed by atoms with van der Waals surface area (Å²) in [7, 11) is 0. The van der Waals surface area contributed by atoms with Crippen LogP contribution in [-0.2, 0) is 11.3 Å². The molecule has 1 aromatic carbocycles. The van der Waals surface area contributed by atoms with Crippen molar-refractivity contribution in [2.24, 2.45) is 0 Å². The molecule has 1 atom stereocenters. The van der Waals surface area contributed by atoms with Gasteiger partial charge in [-0.25, -0.2) is 0 Å². The van der Waals surface area contributed by atoms with Crippen LogP contribution in [0.3, 0.4) is 0 Å². The summed E-state index contributed by atoms with van der Waals surface area (Å²) in [5.41, 5.74) is 1.09. The Kier molecular flexibility index (Phi) is 5.76. The molecule has 7 heteroatoms. The van der Waals surface area contributed by atoms with E-state index in [9.17, 15) is 9.59 Å². The van der Waals surface area contributed by atoms with E-state index in [0.29, 0.717) is 16.1 Å². The van der Waals surface area contributed by atoms with Gasteiger partial charge in [0.15, 0.2) is 0 Å². The van der Waals surface area contributed by atoms with Crippen LogP contribution in [0.2, 0.25) is 5.02 Å². The number of carbonyl (C=O) groups is 2. The van der Waals surface area contributed by atoms with Crippen molar-refractivity contribution < 1.29 is 14.7 Å². The summed E-state index contributed by atoms with van der Waals surface area (Å²) in [6.07, 6.45) is 3.83. The topological polar surface area (TPSA) is 84.2 Å². The number of aryl methyl sites for hydroxylation is 1. The van der Waals surface area contributed by atoms with Crippen molar-refractivity contribution in [2.75, 3.05) is 0 Å². The zero-order valence-electron chi connectivity index (χ0n) is 12.7. The highest BCUT2D eigenvalue weighted by atomic mass is 35.5. The molecule has 122 valence electrons. The third-order valence-electron chi connectivity index (χ3n) is 3.30. The molecule has 23 heavy (non-hydrogen) atoms. The number of carbonyl (C=O) groups excluding carboxylic acids is 1. The van der Waals surface area contributed by atoms with Crippen LogP contribution >= 0.6 is 11.6 Å². The zero-order valence-corrected chi connectivity index (χ0v) is 13.5. The van der Waals surface area contributed by atoms with Crippen molar-refractivity contribution in [3.05, 3.63) is 52.8 Å². The monoisotopic (exact) mass is 335 g/mol. The maximum Gasteiger partial charge on any atom is 0.305 e. The molecular weight excluding hydrogens is 318 g/mol. The molecule has 2 aromatic rings. The SMILES string of the molecule is CCCn1cc(C(=O)N[C@@H](CC(=O)O)c2ccc(Cl)cc2)cn1. The molecule has 1 aromatic heterocycles. The smallest absolute Gasteiger partial charge is 0.305 e. The van der Waals surface area contributed by atoms with Gasteiger partial charge in [-0.1, -0.05) is 30.7 Å². The molecule has 0 saturated heterocycles. The summed E-state index contributed by atoms with van der Waals surface area (Å²) in [5, 5.41) is 16.5. The number of hydrogen-bond donors (Lipinski definition) is 2. The standard InChI is InChI=1S/C16H18ClN3O3/c1-2-7-20-10-12(9-18-20)16(23)19-14(8-15(21)22)11-3-5-13(17)6-4-11/h3-6,9-10,14H,2,7-8H2,1H3,(H,19,23)(H,21,22)/t14-/m0/s1. The Morgan fingerprint density at radius 3 is 2.65 bits per heavy atom. The second kappa shape index (κ2) is 7.78. The molecule has 0 bridgehead atoms. The Balaban J connectivity index is 2.14. The van der Waals surface area contributed by atoms with Gasteiger partial charge in [-0.2, -0.15) is 5.10 Å². The van der Waals surface area contributed by atoms with Gasteiger partial charge in [0.05, 0.1) is 24.2 Å². The number of nitrogens with one attached hydrogen (secondary N) is 1. The second-order valence-corrected chi connectivity index (χ2v) is 5.60. The molecule has 1 heterocycles. The van der Waals surface area contributed by atoms with Gasteiger partial charge < -0.3 is 10.4 Å². The van der Waals surface area contributed by atoms with Gasteiger partial charge in [0, 0.05) is 17.8 Å². The maximum atomic E-state index is 12.3. The first-order chi connectivity index (χ1) is 11.0.